The number of amides is 4. The number of primary amides is 1. The molecule has 0 heterocycles. The summed E-state index contributed by atoms with van der Waals surface area (Å²) >= 11 is 0. The standard InChI is InChI=1S/C36H51N7O10/c37-32(48)29(20-24-10-2-1-3-11-24)43-33(49)28(12-9-15-40-36(38)39)42-31(47)14-8-13-30(46)41-27-22-25(34(50)52-18-6-4-16-44)21-26(23-27)35(51)53-19-7-5-17-45/h1-3,10-11,21-23,28-29,44-45H,4-9,12-20H2,(H2,37,48)(H,41,46)(H,42,47)(H,43,49)(H4,38,39,40)/t28-,29-/m0/s1. The van der Waals surface area contributed by atoms with Crippen LogP contribution in [-0.2, 0) is 35.1 Å². The largest absolute Gasteiger partial charge is 0.462 e. The molecule has 0 radical (unpaired) electrons. The number of ether oxygens (including phenoxy) is 2. The van der Waals surface area contributed by atoms with Gasteiger partial charge < -0.3 is 52.8 Å². The number of benzene rings is 2. The molecule has 0 aliphatic carbocycles. The zero-order chi connectivity index (χ0) is 39.0. The van der Waals surface area contributed by atoms with Crippen molar-refractivity contribution < 1.29 is 48.5 Å². The zero-order valence-corrected chi connectivity index (χ0v) is 29.7. The Bertz CT molecular complexity index is 1490. The Labute approximate surface area is 308 Å². The number of aliphatic hydroxyl groups excluding tert-OH is 2. The van der Waals surface area contributed by atoms with E-state index in [0.29, 0.717) is 32.1 Å². The number of unbranched alkanes of at least 4 members (excludes halogenated alkanes) is 2. The molecule has 0 unspecified atom stereocenters. The van der Waals surface area contributed by atoms with E-state index in [1.807, 2.05) is 6.07 Å². The topological polar surface area (TPSA) is 288 Å². The fourth-order valence-electron chi connectivity index (χ4n) is 4.88. The molecule has 2 aromatic carbocycles. The SMILES string of the molecule is NC(=O)[C@H](Cc1ccccc1)NC(=O)[C@H](CCCN=C(N)N)NC(=O)CCCC(=O)Nc1cc(C(=O)OCCCCO)cc(C(=O)OCCCCO)c1. The number of carbonyl (C=O) groups is 6. The third kappa shape index (κ3) is 18.0. The smallest absolute Gasteiger partial charge is 0.338 e. The molecule has 0 fully saturated rings. The van der Waals surface area contributed by atoms with E-state index in [9.17, 15) is 28.8 Å². The molecule has 0 spiro atoms. The quantitative estimate of drug-likeness (QED) is 0.0297. The third-order valence-corrected chi connectivity index (χ3v) is 7.61. The van der Waals surface area contributed by atoms with Gasteiger partial charge in [0.05, 0.1) is 24.3 Å². The van der Waals surface area contributed by atoms with Crippen LogP contribution >= 0.6 is 0 Å². The molecule has 11 N–H and O–H groups in total. The summed E-state index contributed by atoms with van der Waals surface area (Å²) in [6.07, 6.45) is 2.14. The van der Waals surface area contributed by atoms with Gasteiger partial charge in [0.25, 0.3) is 0 Å². The van der Waals surface area contributed by atoms with Crippen molar-refractivity contribution in [3.05, 3.63) is 65.2 Å². The molecule has 0 aliphatic heterocycles. The molecular formula is C36H51N7O10. The van der Waals surface area contributed by atoms with Gasteiger partial charge in [-0.2, -0.15) is 0 Å². The molecule has 53 heavy (non-hydrogen) atoms. The minimum Gasteiger partial charge on any atom is -0.462 e. The molecule has 0 saturated carbocycles. The van der Waals surface area contributed by atoms with E-state index in [1.54, 1.807) is 24.3 Å². The first-order valence-corrected chi connectivity index (χ1v) is 17.4. The summed E-state index contributed by atoms with van der Waals surface area (Å²) in [5.41, 5.74) is 17.2. The lowest BCUT2D eigenvalue weighted by Gasteiger charge is -2.22. The molecule has 2 atom stereocenters. The van der Waals surface area contributed by atoms with Gasteiger partial charge >= 0.3 is 11.9 Å². The van der Waals surface area contributed by atoms with Crippen LogP contribution in [0.5, 0.6) is 0 Å². The number of nitrogens with two attached hydrogens (primary N) is 3. The van der Waals surface area contributed by atoms with E-state index in [-0.39, 0.29) is 87.9 Å². The van der Waals surface area contributed by atoms with Crippen LogP contribution in [0.1, 0.15) is 84.1 Å². The van der Waals surface area contributed by atoms with E-state index in [0.717, 1.165) is 5.56 Å². The monoisotopic (exact) mass is 741 g/mol. The van der Waals surface area contributed by atoms with Gasteiger partial charge in [0.2, 0.25) is 23.6 Å². The summed E-state index contributed by atoms with van der Waals surface area (Å²) < 4.78 is 10.4. The summed E-state index contributed by atoms with van der Waals surface area (Å²) in [5.74, 6) is -4.05. The minimum atomic E-state index is -1.06. The molecule has 4 amide bonds. The van der Waals surface area contributed by atoms with E-state index < -0.39 is 47.7 Å². The van der Waals surface area contributed by atoms with Crippen molar-refractivity contribution in [3.8, 4) is 0 Å². The lowest BCUT2D eigenvalue weighted by atomic mass is 10.0. The van der Waals surface area contributed by atoms with Crippen molar-refractivity contribution in [1.82, 2.24) is 10.6 Å². The average Bonchev–Trinajstić information content (AvgIpc) is 3.12. The van der Waals surface area contributed by atoms with Gasteiger partial charge in [0.15, 0.2) is 5.96 Å². The van der Waals surface area contributed by atoms with Crippen LogP contribution in [0, 0.1) is 0 Å². The van der Waals surface area contributed by atoms with Crippen molar-refractivity contribution in [2.24, 2.45) is 22.2 Å². The number of aliphatic hydroxyl groups is 2. The number of nitrogens with one attached hydrogen (secondary N) is 3. The van der Waals surface area contributed by atoms with Crippen LogP contribution in [0.25, 0.3) is 0 Å². The molecular weight excluding hydrogens is 690 g/mol. The number of hydrogen-bond donors (Lipinski definition) is 8. The van der Waals surface area contributed by atoms with E-state index >= 15 is 0 Å². The first-order valence-electron chi connectivity index (χ1n) is 17.4. The second-order valence-electron chi connectivity index (χ2n) is 12.1. The van der Waals surface area contributed by atoms with Crippen molar-refractivity contribution in [2.45, 2.75) is 76.3 Å². The van der Waals surface area contributed by atoms with Crippen molar-refractivity contribution in [1.29, 1.82) is 0 Å². The predicted molar refractivity (Wildman–Crippen MR) is 195 cm³/mol. The van der Waals surface area contributed by atoms with Crippen LogP contribution < -0.4 is 33.2 Å². The first-order chi connectivity index (χ1) is 25.4. The molecule has 17 heteroatoms. The number of rotatable bonds is 25. The predicted octanol–water partition coefficient (Wildman–Crippen LogP) is 0.405. The molecule has 290 valence electrons. The van der Waals surface area contributed by atoms with E-state index in [2.05, 4.69) is 20.9 Å². The van der Waals surface area contributed by atoms with Gasteiger partial charge in [0, 0.05) is 44.7 Å². The zero-order valence-electron chi connectivity index (χ0n) is 29.7. The van der Waals surface area contributed by atoms with Gasteiger partial charge in [-0.15, -0.1) is 0 Å². The summed E-state index contributed by atoms with van der Waals surface area (Å²) in [4.78, 5) is 80.5. The lowest BCUT2D eigenvalue weighted by Crippen LogP contribution is -2.53. The maximum absolute atomic E-state index is 13.3. The number of anilines is 1. The number of nitrogens with zero attached hydrogens (tertiary/aromatic N) is 1. The van der Waals surface area contributed by atoms with E-state index in [1.165, 1.54) is 18.2 Å². The second-order valence-corrected chi connectivity index (χ2v) is 12.1. The number of aliphatic imine (C=N–C) groups is 1. The Hall–Kier alpha value is -5.55. The highest BCUT2D eigenvalue weighted by molar-refractivity contribution is 5.99. The van der Waals surface area contributed by atoms with Gasteiger partial charge in [0.1, 0.15) is 12.1 Å². The highest BCUT2D eigenvalue weighted by Gasteiger charge is 2.26. The number of esters is 2. The van der Waals surface area contributed by atoms with Crippen LogP contribution in [0.4, 0.5) is 5.69 Å². The maximum atomic E-state index is 13.3. The second kappa shape index (κ2) is 24.6. The minimum absolute atomic E-state index is 0.0139. The normalized spacial score (nSPS) is 11.7. The van der Waals surface area contributed by atoms with Crippen LogP contribution in [0.3, 0.4) is 0 Å². The van der Waals surface area contributed by atoms with Crippen molar-refractivity contribution in [3.63, 3.8) is 0 Å². The van der Waals surface area contributed by atoms with E-state index in [4.69, 9.17) is 36.9 Å². The highest BCUT2D eigenvalue weighted by Crippen LogP contribution is 2.19. The lowest BCUT2D eigenvalue weighted by molar-refractivity contribution is -0.131. The van der Waals surface area contributed by atoms with Gasteiger partial charge in [-0.25, -0.2) is 9.59 Å². The molecule has 0 bridgehead atoms. The number of hydrogen-bond acceptors (Lipinski definition) is 11. The maximum Gasteiger partial charge on any atom is 0.338 e. The Balaban J connectivity index is 2.05. The molecule has 2 rings (SSSR count). The highest BCUT2D eigenvalue weighted by atomic mass is 16.5. The Morgan fingerprint density at radius 1 is 0.698 bits per heavy atom. The summed E-state index contributed by atoms with van der Waals surface area (Å²) in [6, 6.07) is 10.8. The van der Waals surface area contributed by atoms with Crippen molar-refractivity contribution in [2.75, 3.05) is 38.3 Å². The van der Waals surface area contributed by atoms with Gasteiger partial charge in [-0.1, -0.05) is 30.3 Å². The Morgan fingerprint density at radius 3 is 1.83 bits per heavy atom. The summed E-state index contributed by atoms with van der Waals surface area (Å²) in [6.45, 7) is 0.151. The summed E-state index contributed by atoms with van der Waals surface area (Å²) in [7, 11) is 0. The van der Waals surface area contributed by atoms with Gasteiger partial charge in [-0.3, -0.25) is 24.2 Å². The fraction of sp³-hybridized carbons (Fsp3) is 0.472. The number of guanidine groups is 1. The van der Waals surface area contributed by atoms with Crippen LogP contribution in [0.2, 0.25) is 0 Å². The number of carbonyl (C=O) groups excluding carboxylic acids is 6. The van der Waals surface area contributed by atoms with Crippen molar-refractivity contribution >= 4 is 47.2 Å². The summed E-state index contributed by atoms with van der Waals surface area (Å²) in [5, 5.41) is 25.8. The Kier molecular flexibility index (Phi) is 20.2. The van der Waals surface area contributed by atoms with Gasteiger partial charge in [-0.05, 0) is 68.7 Å². The molecule has 0 aliphatic rings. The molecule has 2 aromatic rings. The fourth-order valence-corrected chi connectivity index (χ4v) is 4.88. The molecule has 0 saturated heterocycles. The first kappa shape index (κ1) is 43.6. The third-order valence-electron chi connectivity index (χ3n) is 7.61. The Morgan fingerprint density at radius 2 is 1.28 bits per heavy atom. The molecule has 17 nitrogen and oxygen atoms in total. The van der Waals surface area contributed by atoms with Crippen LogP contribution in [-0.4, -0.2) is 96.8 Å². The average molecular weight is 742 g/mol. The van der Waals surface area contributed by atoms with Crippen LogP contribution in [0.15, 0.2) is 53.5 Å². The molecule has 0 aromatic heterocycles.